The first-order chi connectivity index (χ1) is 6.79. The van der Waals surface area contributed by atoms with Gasteiger partial charge in [-0.05, 0) is 12.1 Å². The standard InChI is InChI=1S/C10H6Cl2N2/c11-9-1-3-13-5-7(9)8-6-14-4-2-10(8)12/h1-6H. The predicted molar refractivity (Wildman–Crippen MR) is 57.5 cm³/mol. The van der Waals surface area contributed by atoms with Crippen molar-refractivity contribution in [3.8, 4) is 11.1 Å². The van der Waals surface area contributed by atoms with Crippen molar-refractivity contribution in [2.45, 2.75) is 0 Å². The molecule has 0 atom stereocenters. The Hall–Kier alpha value is -1.12. The first-order valence-electron chi connectivity index (χ1n) is 3.98. The molecule has 0 spiro atoms. The average Bonchev–Trinajstić information content (AvgIpc) is 2.20. The molecule has 0 radical (unpaired) electrons. The van der Waals surface area contributed by atoms with E-state index in [1.165, 1.54) is 0 Å². The summed E-state index contributed by atoms with van der Waals surface area (Å²) in [6.45, 7) is 0. The van der Waals surface area contributed by atoms with Crippen LogP contribution in [0.25, 0.3) is 11.1 Å². The van der Waals surface area contributed by atoms with Crippen LogP contribution >= 0.6 is 23.2 Å². The highest BCUT2D eigenvalue weighted by atomic mass is 35.5. The molecule has 0 bridgehead atoms. The third kappa shape index (κ3) is 1.72. The van der Waals surface area contributed by atoms with Gasteiger partial charge in [0.2, 0.25) is 0 Å². The zero-order valence-corrected chi connectivity index (χ0v) is 8.63. The van der Waals surface area contributed by atoms with Gasteiger partial charge in [0.05, 0.1) is 10.0 Å². The summed E-state index contributed by atoms with van der Waals surface area (Å²) in [6, 6.07) is 3.44. The molecule has 0 amide bonds. The van der Waals surface area contributed by atoms with Crippen LogP contribution in [-0.4, -0.2) is 9.97 Å². The van der Waals surface area contributed by atoms with Crippen molar-refractivity contribution in [1.82, 2.24) is 9.97 Å². The Balaban J connectivity index is 2.61. The fourth-order valence-corrected chi connectivity index (χ4v) is 1.57. The van der Waals surface area contributed by atoms with E-state index in [1.807, 2.05) is 0 Å². The van der Waals surface area contributed by atoms with Crippen molar-refractivity contribution in [1.29, 1.82) is 0 Å². The maximum absolute atomic E-state index is 6.00. The maximum Gasteiger partial charge on any atom is 0.0516 e. The summed E-state index contributed by atoms with van der Waals surface area (Å²) in [5.74, 6) is 0. The van der Waals surface area contributed by atoms with Crippen molar-refractivity contribution in [3.63, 3.8) is 0 Å². The molecule has 2 aromatic rings. The number of rotatable bonds is 1. The van der Waals surface area contributed by atoms with Crippen molar-refractivity contribution in [2.24, 2.45) is 0 Å². The van der Waals surface area contributed by atoms with E-state index in [4.69, 9.17) is 23.2 Å². The molecule has 0 N–H and O–H groups in total. The zero-order valence-electron chi connectivity index (χ0n) is 7.11. The Morgan fingerprint density at radius 1 is 0.786 bits per heavy atom. The van der Waals surface area contributed by atoms with E-state index in [0.29, 0.717) is 10.0 Å². The van der Waals surface area contributed by atoms with Crippen LogP contribution in [0.3, 0.4) is 0 Å². The summed E-state index contributed by atoms with van der Waals surface area (Å²) < 4.78 is 0. The van der Waals surface area contributed by atoms with E-state index in [9.17, 15) is 0 Å². The number of pyridine rings is 2. The lowest BCUT2D eigenvalue weighted by molar-refractivity contribution is 1.30. The first-order valence-corrected chi connectivity index (χ1v) is 4.74. The van der Waals surface area contributed by atoms with Gasteiger partial charge in [0.25, 0.3) is 0 Å². The molecule has 0 aliphatic heterocycles. The molecule has 4 heteroatoms. The van der Waals surface area contributed by atoms with Gasteiger partial charge in [-0.15, -0.1) is 0 Å². The van der Waals surface area contributed by atoms with E-state index in [2.05, 4.69) is 9.97 Å². The first kappa shape index (κ1) is 9.44. The molecular formula is C10H6Cl2N2. The quantitative estimate of drug-likeness (QED) is 0.742. The summed E-state index contributed by atoms with van der Waals surface area (Å²) in [5, 5.41) is 1.24. The van der Waals surface area contributed by atoms with Crippen molar-refractivity contribution in [3.05, 3.63) is 47.0 Å². The lowest BCUT2D eigenvalue weighted by Crippen LogP contribution is -1.84. The number of aromatic nitrogens is 2. The van der Waals surface area contributed by atoms with Gasteiger partial charge >= 0.3 is 0 Å². The van der Waals surface area contributed by atoms with Crippen LogP contribution in [-0.2, 0) is 0 Å². The SMILES string of the molecule is Clc1ccncc1-c1cnccc1Cl. The zero-order chi connectivity index (χ0) is 9.97. The van der Waals surface area contributed by atoms with Crippen molar-refractivity contribution < 1.29 is 0 Å². The fourth-order valence-electron chi connectivity index (χ4n) is 1.15. The van der Waals surface area contributed by atoms with Gasteiger partial charge in [-0.3, -0.25) is 9.97 Å². The summed E-state index contributed by atoms with van der Waals surface area (Å²) in [6.07, 6.45) is 6.61. The Labute approximate surface area is 91.5 Å². The van der Waals surface area contributed by atoms with E-state index in [-0.39, 0.29) is 0 Å². The number of hydrogen-bond acceptors (Lipinski definition) is 2. The minimum absolute atomic E-state index is 0.620. The molecule has 0 aliphatic rings. The van der Waals surface area contributed by atoms with E-state index in [0.717, 1.165) is 11.1 Å². The fraction of sp³-hybridized carbons (Fsp3) is 0. The third-order valence-electron chi connectivity index (χ3n) is 1.83. The molecule has 2 nitrogen and oxygen atoms in total. The molecule has 2 aromatic heterocycles. The van der Waals surface area contributed by atoms with Crippen LogP contribution in [0.1, 0.15) is 0 Å². The molecule has 0 unspecified atom stereocenters. The van der Waals surface area contributed by atoms with Gasteiger partial charge in [0, 0.05) is 35.9 Å². The van der Waals surface area contributed by atoms with E-state index >= 15 is 0 Å². The largest absolute Gasteiger partial charge is 0.264 e. The Morgan fingerprint density at radius 3 is 1.57 bits per heavy atom. The molecule has 2 rings (SSSR count). The van der Waals surface area contributed by atoms with Crippen LogP contribution in [0.2, 0.25) is 10.0 Å². The summed E-state index contributed by atoms with van der Waals surface area (Å²) in [4.78, 5) is 7.98. The van der Waals surface area contributed by atoms with Crippen molar-refractivity contribution in [2.75, 3.05) is 0 Å². The minimum Gasteiger partial charge on any atom is -0.264 e. The summed E-state index contributed by atoms with van der Waals surface area (Å²) >= 11 is 12.0. The van der Waals surface area contributed by atoms with Gasteiger partial charge in [0.1, 0.15) is 0 Å². The number of halogens is 2. The molecule has 0 aliphatic carbocycles. The Bertz CT molecular complexity index is 414. The number of hydrogen-bond donors (Lipinski definition) is 0. The second-order valence-corrected chi connectivity index (χ2v) is 3.53. The lowest BCUT2D eigenvalue weighted by Gasteiger charge is -2.04. The normalized spacial score (nSPS) is 10.1. The molecule has 70 valence electrons. The lowest BCUT2D eigenvalue weighted by atomic mass is 10.1. The molecule has 0 aromatic carbocycles. The topological polar surface area (TPSA) is 25.8 Å². The molecule has 0 saturated heterocycles. The predicted octanol–water partition coefficient (Wildman–Crippen LogP) is 3.45. The third-order valence-corrected chi connectivity index (χ3v) is 2.49. The van der Waals surface area contributed by atoms with Crippen LogP contribution in [0.4, 0.5) is 0 Å². The van der Waals surface area contributed by atoms with Gasteiger partial charge in [0.15, 0.2) is 0 Å². The van der Waals surface area contributed by atoms with Gasteiger partial charge < -0.3 is 0 Å². The second kappa shape index (κ2) is 3.95. The van der Waals surface area contributed by atoms with Gasteiger partial charge in [-0.25, -0.2) is 0 Å². The average molecular weight is 225 g/mol. The van der Waals surface area contributed by atoms with Crippen LogP contribution in [0.5, 0.6) is 0 Å². The Kier molecular flexibility index (Phi) is 2.66. The molecule has 0 saturated carbocycles. The molecule has 2 heterocycles. The highest BCUT2D eigenvalue weighted by Crippen LogP contribution is 2.31. The molecule has 0 fully saturated rings. The van der Waals surface area contributed by atoms with Crippen LogP contribution < -0.4 is 0 Å². The van der Waals surface area contributed by atoms with Crippen LogP contribution in [0, 0.1) is 0 Å². The van der Waals surface area contributed by atoms with E-state index in [1.54, 1.807) is 36.9 Å². The monoisotopic (exact) mass is 224 g/mol. The van der Waals surface area contributed by atoms with Crippen LogP contribution in [0.15, 0.2) is 36.9 Å². The molecular weight excluding hydrogens is 219 g/mol. The molecule has 14 heavy (non-hydrogen) atoms. The maximum atomic E-state index is 6.00. The summed E-state index contributed by atoms with van der Waals surface area (Å²) in [7, 11) is 0. The smallest absolute Gasteiger partial charge is 0.0516 e. The minimum atomic E-state index is 0.620. The van der Waals surface area contributed by atoms with Crippen molar-refractivity contribution >= 4 is 23.2 Å². The highest BCUT2D eigenvalue weighted by molar-refractivity contribution is 6.36. The van der Waals surface area contributed by atoms with Gasteiger partial charge in [-0.2, -0.15) is 0 Å². The second-order valence-electron chi connectivity index (χ2n) is 2.71. The summed E-state index contributed by atoms with van der Waals surface area (Å²) in [5.41, 5.74) is 1.60. The number of nitrogens with zero attached hydrogens (tertiary/aromatic N) is 2. The van der Waals surface area contributed by atoms with E-state index < -0.39 is 0 Å². The highest BCUT2D eigenvalue weighted by Gasteiger charge is 2.06. The van der Waals surface area contributed by atoms with Gasteiger partial charge in [-0.1, -0.05) is 23.2 Å². The Morgan fingerprint density at radius 2 is 1.21 bits per heavy atom.